The van der Waals surface area contributed by atoms with E-state index in [0.29, 0.717) is 5.41 Å². The number of methoxy groups -OCH3 is 1. The zero-order valence-electron chi connectivity index (χ0n) is 11.5. The quantitative estimate of drug-likeness (QED) is 0.677. The highest BCUT2D eigenvalue weighted by atomic mass is 16.5. The Kier molecular flexibility index (Phi) is 5.21. The zero-order valence-corrected chi connectivity index (χ0v) is 11.5. The summed E-state index contributed by atoms with van der Waals surface area (Å²) in [6, 6.07) is 10.8. The molecule has 0 heterocycles. The number of ether oxygens (including phenoxy) is 1. The maximum absolute atomic E-state index is 5.05. The third kappa shape index (κ3) is 4.43. The average Bonchev–Trinajstić information content (AvgIpc) is 3.17. The van der Waals surface area contributed by atoms with Crippen molar-refractivity contribution in [1.82, 2.24) is 5.32 Å². The molecule has 0 amide bonds. The molecule has 1 aromatic rings. The Morgan fingerprint density at radius 2 is 2.00 bits per heavy atom. The summed E-state index contributed by atoms with van der Waals surface area (Å²) >= 11 is 0. The molecule has 0 radical (unpaired) electrons. The van der Waals surface area contributed by atoms with Gasteiger partial charge in [0.15, 0.2) is 0 Å². The molecule has 1 aliphatic carbocycles. The van der Waals surface area contributed by atoms with Gasteiger partial charge in [-0.2, -0.15) is 0 Å². The first-order valence-corrected chi connectivity index (χ1v) is 7.08. The van der Waals surface area contributed by atoms with Crippen LogP contribution >= 0.6 is 0 Å². The first kappa shape index (κ1) is 13.6. The Hall–Kier alpha value is -0.860. The number of hydrogen-bond acceptors (Lipinski definition) is 2. The minimum atomic E-state index is 0.614. The third-order valence-electron chi connectivity index (χ3n) is 3.96. The molecule has 0 atom stereocenters. The highest BCUT2D eigenvalue weighted by Gasteiger charge is 2.40. The summed E-state index contributed by atoms with van der Waals surface area (Å²) < 4.78 is 5.05. The minimum absolute atomic E-state index is 0.614. The smallest absolute Gasteiger partial charge is 0.0587 e. The lowest BCUT2D eigenvalue weighted by atomic mass is 9.97. The molecule has 1 aliphatic rings. The third-order valence-corrected chi connectivity index (χ3v) is 3.96. The maximum Gasteiger partial charge on any atom is 0.0587 e. The molecule has 100 valence electrons. The Bertz CT molecular complexity index is 332. The summed E-state index contributed by atoms with van der Waals surface area (Å²) in [6.45, 7) is 2.97. The van der Waals surface area contributed by atoms with Crippen molar-refractivity contribution in [2.45, 2.75) is 32.1 Å². The van der Waals surface area contributed by atoms with E-state index in [0.717, 1.165) is 13.2 Å². The van der Waals surface area contributed by atoms with Crippen molar-refractivity contribution in [3.8, 4) is 0 Å². The molecular formula is C16H25NO. The fraction of sp³-hybridized carbons (Fsp3) is 0.625. The van der Waals surface area contributed by atoms with E-state index in [-0.39, 0.29) is 0 Å². The number of benzene rings is 1. The topological polar surface area (TPSA) is 21.3 Å². The predicted molar refractivity (Wildman–Crippen MR) is 75.8 cm³/mol. The van der Waals surface area contributed by atoms with Gasteiger partial charge >= 0.3 is 0 Å². The lowest BCUT2D eigenvalue weighted by Gasteiger charge is -2.15. The van der Waals surface area contributed by atoms with Crippen molar-refractivity contribution in [3.63, 3.8) is 0 Å². The Balaban J connectivity index is 1.61. The lowest BCUT2D eigenvalue weighted by Crippen LogP contribution is -2.27. The van der Waals surface area contributed by atoms with Crippen molar-refractivity contribution in [1.29, 1.82) is 0 Å². The molecule has 1 aromatic carbocycles. The van der Waals surface area contributed by atoms with Crippen LogP contribution in [0.3, 0.4) is 0 Å². The highest BCUT2D eigenvalue weighted by Crippen LogP contribution is 2.49. The molecule has 18 heavy (non-hydrogen) atoms. The van der Waals surface area contributed by atoms with Gasteiger partial charge in [0.2, 0.25) is 0 Å². The van der Waals surface area contributed by atoms with Gasteiger partial charge in [-0.05, 0) is 43.1 Å². The van der Waals surface area contributed by atoms with Crippen LogP contribution in [0.1, 0.15) is 31.2 Å². The Morgan fingerprint density at radius 1 is 1.22 bits per heavy atom. The van der Waals surface area contributed by atoms with Gasteiger partial charge in [0.1, 0.15) is 0 Å². The molecule has 1 fully saturated rings. The molecule has 0 aliphatic heterocycles. The molecule has 0 aromatic heterocycles. The van der Waals surface area contributed by atoms with Crippen LogP contribution in [0.4, 0.5) is 0 Å². The van der Waals surface area contributed by atoms with Crippen LogP contribution in [0.15, 0.2) is 30.3 Å². The maximum atomic E-state index is 5.05. The summed E-state index contributed by atoms with van der Waals surface area (Å²) in [5, 5.41) is 3.51. The summed E-state index contributed by atoms with van der Waals surface area (Å²) in [5.74, 6) is 0. The first-order valence-electron chi connectivity index (χ1n) is 7.08. The predicted octanol–water partition coefficient (Wildman–Crippen LogP) is 3.03. The van der Waals surface area contributed by atoms with Crippen LogP contribution < -0.4 is 5.32 Å². The van der Waals surface area contributed by atoms with E-state index in [1.54, 1.807) is 7.11 Å². The van der Waals surface area contributed by atoms with E-state index < -0.39 is 0 Å². The van der Waals surface area contributed by atoms with Gasteiger partial charge in [-0.15, -0.1) is 0 Å². The van der Waals surface area contributed by atoms with Crippen molar-refractivity contribution in [2.24, 2.45) is 5.41 Å². The number of nitrogens with one attached hydrogen (secondary N) is 1. The minimum Gasteiger partial charge on any atom is -0.383 e. The standard InChI is InChI=1S/C16H25NO/c1-18-13-12-17-14-16(10-11-16)9-5-8-15-6-3-2-4-7-15/h2-4,6-7,17H,5,8-14H2,1H3. The summed E-state index contributed by atoms with van der Waals surface area (Å²) in [5.41, 5.74) is 2.09. The molecule has 0 spiro atoms. The van der Waals surface area contributed by atoms with Gasteiger partial charge in [0, 0.05) is 20.2 Å². The second-order valence-electron chi connectivity index (χ2n) is 5.51. The van der Waals surface area contributed by atoms with Crippen molar-refractivity contribution >= 4 is 0 Å². The molecule has 0 saturated heterocycles. The van der Waals surface area contributed by atoms with Gasteiger partial charge in [-0.25, -0.2) is 0 Å². The molecule has 2 nitrogen and oxygen atoms in total. The monoisotopic (exact) mass is 247 g/mol. The number of aryl methyl sites for hydroxylation is 1. The van der Waals surface area contributed by atoms with Crippen LogP contribution in [-0.4, -0.2) is 26.8 Å². The molecule has 0 bridgehead atoms. The highest BCUT2D eigenvalue weighted by molar-refractivity contribution is 5.14. The molecular weight excluding hydrogens is 222 g/mol. The summed E-state index contributed by atoms with van der Waals surface area (Å²) in [6.07, 6.45) is 6.71. The molecule has 2 rings (SSSR count). The van der Waals surface area contributed by atoms with Gasteiger partial charge < -0.3 is 10.1 Å². The van der Waals surface area contributed by atoms with Crippen molar-refractivity contribution < 1.29 is 4.74 Å². The van der Waals surface area contributed by atoms with E-state index in [4.69, 9.17) is 4.74 Å². The van der Waals surface area contributed by atoms with E-state index >= 15 is 0 Å². The fourth-order valence-electron chi connectivity index (χ4n) is 2.53. The largest absolute Gasteiger partial charge is 0.383 e. The van der Waals surface area contributed by atoms with Crippen LogP contribution in [0.25, 0.3) is 0 Å². The Labute approximate surface area is 111 Å². The van der Waals surface area contributed by atoms with E-state index in [1.165, 1.54) is 44.2 Å². The normalized spacial score (nSPS) is 16.7. The number of rotatable bonds is 9. The van der Waals surface area contributed by atoms with E-state index in [9.17, 15) is 0 Å². The summed E-state index contributed by atoms with van der Waals surface area (Å²) in [4.78, 5) is 0. The van der Waals surface area contributed by atoms with E-state index in [2.05, 4.69) is 35.6 Å². The zero-order chi connectivity index (χ0) is 12.7. The van der Waals surface area contributed by atoms with Crippen LogP contribution in [0.2, 0.25) is 0 Å². The molecule has 0 unspecified atom stereocenters. The van der Waals surface area contributed by atoms with Gasteiger partial charge in [-0.1, -0.05) is 30.3 Å². The first-order chi connectivity index (χ1) is 8.85. The second-order valence-corrected chi connectivity index (χ2v) is 5.51. The average molecular weight is 247 g/mol. The summed E-state index contributed by atoms with van der Waals surface area (Å²) in [7, 11) is 1.76. The lowest BCUT2D eigenvalue weighted by molar-refractivity contribution is 0.196. The Morgan fingerprint density at radius 3 is 2.67 bits per heavy atom. The molecule has 2 heteroatoms. The van der Waals surface area contributed by atoms with Crippen molar-refractivity contribution in [3.05, 3.63) is 35.9 Å². The fourth-order valence-corrected chi connectivity index (χ4v) is 2.53. The second kappa shape index (κ2) is 6.91. The molecule has 1 saturated carbocycles. The van der Waals surface area contributed by atoms with Crippen LogP contribution in [-0.2, 0) is 11.2 Å². The number of hydrogen-bond donors (Lipinski definition) is 1. The molecule has 1 N–H and O–H groups in total. The van der Waals surface area contributed by atoms with Gasteiger partial charge in [-0.3, -0.25) is 0 Å². The van der Waals surface area contributed by atoms with Crippen LogP contribution in [0.5, 0.6) is 0 Å². The SMILES string of the molecule is COCCNCC1(CCCc2ccccc2)CC1. The van der Waals surface area contributed by atoms with Gasteiger partial charge in [0.25, 0.3) is 0 Å². The van der Waals surface area contributed by atoms with Gasteiger partial charge in [0.05, 0.1) is 6.61 Å². The van der Waals surface area contributed by atoms with Crippen LogP contribution in [0, 0.1) is 5.41 Å². The van der Waals surface area contributed by atoms with Crippen molar-refractivity contribution in [2.75, 3.05) is 26.8 Å². The van der Waals surface area contributed by atoms with E-state index in [1.807, 2.05) is 0 Å².